The van der Waals surface area contributed by atoms with Crippen LogP contribution in [-0.2, 0) is 6.18 Å². The summed E-state index contributed by atoms with van der Waals surface area (Å²) >= 11 is 0. The fourth-order valence-corrected chi connectivity index (χ4v) is 2.23. The fourth-order valence-electron chi connectivity index (χ4n) is 2.23. The number of alkyl halides is 3. The maximum absolute atomic E-state index is 12.5. The molecule has 4 heteroatoms. The molecule has 0 saturated carbocycles. The molecular formula is C18H12F3N. The van der Waals surface area contributed by atoms with Crippen molar-refractivity contribution in [2.75, 3.05) is 0 Å². The summed E-state index contributed by atoms with van der Waals surface area (Å²) in [6.07, 6.45) is 1.06. The zero-order valence-corrected chi connectivity index (χ0v) is 11.5. The van der Waals surface area contributed by atoms with Crippen molar-refractivity contribution in [3.8, 4) is 0 Å². The van der Waals surface area contributed by atoms with Crippen molar-refractivity contribution in [3.63, 3.8) is 0 Å². The van der Waals surface area contributed by atoms with Gasteiger partial charge in [-0.3, -0.25) is 4.98 Å². The molecule has 1 nitrogen and oxygen atoms in total. The lowest BCUT2D eigenvalue weighted by Gasteiger charge is -2.06. The predicted octanol–water partition coefficient (Wildman–Crippen LogP) is 5.42. The van der Waals surface area contributed by atoms with E-state index in [9.17, 15) is 13.2 Å². The molecule has 0 fully saturated rings. The molecule has 0 saturated heterocycles. The monoisotopic (exact) mass is 299 g/mol. The van der Waals surface area contributed by atoms with Crippen LogP contribution in [0.25, 0.3) is 23.1 Å². The van der Waals surface area contributed by atoms with Crippen molar-refractivity contribution in [1.82, 2.24) is 4.98 Å². The smallest absolute Gasteiger partial charge is 0.256 e. The summed E-state index contributed by atoms with van der Waals surface area (Å²) in [7, 11) is 0. The standard InChI is InChI=1S/C18H12F3N/c19-18(20,21)16-10-7-13(8-11-16)6-9-15-4-1-3-14-5-2-12-22-17(14)15/h1-12H/b9-6+. The molecule has 0 unspecified atom stereocenters. The second-order valence-electron chi connectivity index (χ2n) is 4.88. The third kappa shape index (κ3) is 3.01. The molecule has 1 aromatic heterocycles. The first kappa shape index (κ1) is 14.3. The van der Waals surface area contributed by atoms with Crippen LogP contribution in [0.1, 0.15) is 16.7 Å². The van der Waals surface area contributed by atoms with Crippen LogP contribution in [0, 0.1) is 0 Å². The molecule has 2 aromatic carbocycles. The van der Waals surface area contributed by atoms with E-state index in [4.69, 9.17) is 0 Å². The van der Waals surface area contributed by atoms with Gasteiger partial charge in [0.2, 0.25) is 0 Å². The highest BCUT2D eigenvalue weighted by Crippen LogP contribution is 2.29. The third-order valence-corrected chi connectivity index (χ3v) is 3.36. The van der Waals surface area contributed by atoms with Gasteiger partial charge in [-0.05, 0) is 23.8 Å². The lowest BCUT2D eigenvalue weighted by atomic mass is 10.1. The zero-order valence-electron chi connectivity index (χ0n) is 11.5. The van der Waals surface area contributed by atoms with Gasteiger partial charge in [-0.2, -0.15) is 13.2 Å². The number of para-hydroxylation sites is 1. The molecule has 3 rings (SSSR count). The van der Waals surface area contributed by atoms with Gasteiger partial charge in [0.25, 0.3) is 0 Å². The van der Waals surface area contributed by atoms with Crippen molar-refractivity contribution in [3.05, 3.63) is 77.5 Å². The van der Waals surface area contributed by atoms with Crippen LogP contribution in [0.2, 0.25) is 0 Å². The van der Waals surface area contributed by atoms with Crippen LogP contribution >= 0.6 is 0 Å². The van der Waals surface area contributed by atoms with Crippen molar-refractivity contribution >= 4 is 23.1 Å². The SMILES string of the molecule is FC(F)(F)c1ccc(/C=C/c2cccc3cccnc23)cc1. The van der Waals surface area contributed by atoms with E-state index in [1.54, 1.807) is 12.3 Å². The second-order valence-corrected chi connectivity index (χ2v) is 4.88. The normalized spacial score (nSPS) is 12.1. The van der Waals surface area contributed by atoms with Gasteiger partial charge in [-0.1, -0.05) is 48.6 Å². The zero-order chi connectivity index (χ0) is 15.6. The fraction of sp³-hybridized carbons (Fsp3) is 0.0556. The molecule has 0 aliphatic carbocycles. The number of rotatable bonds is 2. The van der Waals surface area contributed by atoms with Gasteiger partial charge >= 0.3 is 6.18 Å². The highest BCUT2D eigenvalue weighted by Gasteiger charge is 2.29. The quantitative estimate of drug-likeness (QED) is 0.575. The first-order valence-electron chi connectivity index (χ1n) is 6.73. The predicted molar refractivity (Wildman–Crippen MR) is 82.1 cm³/mol. The highest BCUT2D eigenvalue weighted by molar-refractivity contribution is 5.89. The van der Waals surface area contributed by atoms with Gasteiger partial charge in [0.1, 0.15) is 0 Å². The molecule has 0 N–H and O–H groups in total. The first-order valence-corrected chi connectivity index (χ1v) is 6.73. The van der Waals surface area contributed by atoms with Crippen LogP contribution in [0.3, 0.4) is 0 Å². The van der Waals surface area contributed by atoms with E-state index >= 15 is 0 Å². The average molecular weight is 299 g/mol. The van der Waals surface area contributed by atoms with Crippen molar-refractivity contribution in [2.45, 2.75) is 6.18 Å². The lowest BCUT2D eigenvalue weighted by molar-refractivity contribution is -0.137. The number of aromatic nitrogens is 1. The summed E-state index contributed by atoms with van der Waals surface area (Å²) in [4.78, 5) is 4.34. The second kappa shape index (κ2) is 5.64. The minimum absolute atomic E-state index is 0.642. The molecular weight excluding hydrogens is 287 g/mol. The number of hydrogen-bond donors (Lipinski definition) is 0. The van der Waals surface area contributed by atoms with Crippen LogP contribution in [0.5, 0.6) is 0 Å². The van der Waals surface area contributed by atoms with Crippen LogP contribution in [0.4, 0.5) is 13.2 Å². The number of pyridine rings is 1. The van der Waals surface area contributed by atoms with E-state index in [0.29, 0.717) is 5.56 Å². The molecule has 0 atom stereocenters. The molecule has 0 aliphatic rings. The van der Waals surface area contributed by atoms with E-state index < -0.39 is 11.7 Å². The van der Waals surface area contributed by atoms with Gasteiger partial charge < -0.3 is 0 Å². The molecule has 0 aliphatic heterocycles. The van der Waals surface area contributed by atoms with Gasteiger partial charge in [-0.15, -0.1) is 0 Å². The average Bonchev–Trinajstić information content (AvgIpc) is 2.52. The number of nitrogens with zero attached hydrogens (tertiary/aromatic N) is 1. The summed E-state index contributed by atoms with van der Waals surface area (Å²) in [5.74, 6) is 0. The molecule has 110 valence electrons. The van der Waals surface area contributed by atoms with Gasteiger partial charge in [0.05, 0.1) is 11.1 Å². The molecule has 0 spiro atoms. The Balaban J connectivity index is 1.90. The summed E-state index contributed by atoms with van der Waals surface area (Å²) in [5, 5.41) is 1.03. The molecule has 0 bridgehead atoms. The minimum Gasteiger partial charge on any atom is -0.256 e. The van der Waals surface area contributed by atoms with E-state index in [1.807, 2.05) is 36.4 Å². The highest BCUT2D eigenvalue weighted by atomic mass is 19.4. The summed E-state index contributed by atoms with van der Waals surface area (Å²) in [5.41, 5.74) is 1.86. The molecule has 22 heavy (non-hydrogen) atoms. The molecule has 0 radical (unpaired) electrons. The largest absolute Gasteiger partial charge is 0.416 e. The van der Waals surface area contributed by atoms with Crippen LogP contribution in [0.15, 0.2) is 60.8 Å². The van der Waals surface area contributed by atoms with Crippen LogP contribution < -0.4 is 0 Å². The Bertz CT molecular complexity index is 812. The Labute approximate surface area is 125 Å². The Hall–Kier alpha value is -2.62. The van der Waals surface area contributed by atoms with Crippen molar-refractivity contribution in [1.29, 1.82) is 0 Å². The summed E-state index contributed by atoms with van der Waals surface area (Å²) in [6.45, 7) is 0. The lowest BCUT2D eigenvalue weighted by Crippen LogP contribution is -2.03. The van der Waals surface area contributed by atoms with E-state index in [1.165, 1.54) is 12.1 Å². The van der Waals surface area contributed by atoms with Gasteiger partial charge in [-0.25, -0.2) is 0 Å². The maximum Gasteiger partial charge on any atom is 0.416 e. The Morgan fingerprint density at radius 1 is 0.818 bits per heavy atom. The molecule has 1 heterocycles. The minimum atomic E-state index is -4.30. The number of fused-ring (bicyclic) bond motifs is 1. The topological polar surface area (TPSA) is 12.9 Å². The Morgan fingerprint density at radius 3 is 2.27 bits per heavy atom. The van der Waals surface area contributed by atoms with Crippen molar-refractivity contribution < 1.29 is 13.2 Å². The number of benzene rings is 2. The molecule has 0 amide bonds. The van der Waals surface area contributed by atoms with E-state index in [0.717, 1.165) is 28.6 Å². The Morgan fingerprint density at radius 2 is 1.55 bits per heavy atom. The Kier molecular flexibility index (Phi) is 3.67. The van der Waals surface area contributed by atoms with Crippen molar-refractivity contribution in [2.24, 2.45) is 0 Å². The molecule has 3 aromatic rings. The van der Waals surface area contributed by atoms with Gasteiger partial charge in [0.15, 0.2) is 0 Å². The third-order valence-electron chi connectivity index (χ3n) is 3.36. The summed E-state index contributed by atoms with van der Waals surface area (Å²) < 4.78 is 37.6. The number of hydrogen-bond acceptors (Lipinski definition) is 1. The van der Waals surface area contributed by atoms with E-state index in [2.05, 4.69) is 4.98 Å². The van der Waals surface area contributed by atoms with Crippen LogP contribution in [-0.4, -0.2) is 4.98 Å². The first-order chi connectivity index (χ1) is 10.5. The summed E-state index contributed by atoms with van der Waals surface area (Å²) in [6, 6.07) is 14.7. The van der Waals surface area contributed by atoms with E-state index in [-0.39, 0.29) is 0 Å². The van der Waals surface area contributed by atoms with Gasteiger partial charge in [0, 0.05) is 17.1 Å². The maximum atomic E-state index is 12.5. The number of halogens is 3.